The van der Waals surface area contributed by atoms with E-state index in [0.717, 1.165) is 31.2 Å². The van der Waals surface area contributed by atoms with Crippen molar-refractivity contribution in [2.75, 3.05) is 13.1 Å². The highest BCUT2D eigenvalue weighted by Crippen LogP contribution is 2.50. The SMILES string of the molecule is NC(=O)C1CCCN(C(=O)C2(c3ccc(F)cc3)CC2)C1. The van der Waals surface area contributed by atoms with Gasteiger partial charge < -0.3 is 10.6 Å². The smallest absolute Gasteiger partial charge is 0.233 e. The van der Waals surface area contributed by atoms with Crippen LogP contribution in [0.2, 0.25) is 0 Å². The molecule has 1 atom stereocenters. The van der Waals surface area contributed by atoms with Gasteiger partial charge in [-0.15, -0.1) is 0 Å². The Morgan fingerprint density at radius 2 is 1.90 bits per heavy atom. The third kappa shape index (κ3) is 2.52. The van der Waals surface area contributed by atoms with Gasteiger partial charge in [0.25, 0.3) is 0 Å². The zero-order valence-corrected chi connectivity index (χ0v) is 11.8. The van der Waals surface area contributed by atoms with Gasteiger partial charge in [-0.2, -0.15) is 0 Å². The first-order chi connectivity index (χ1) is 10.0. The molecule has 2 fully saturated rings. The van der Waals surface area contributed by atoms with Crippen LogP contribution in [0, 0.1) is 11.7 Å². The van der Waals surface area contributed by atoms with E-state index in [0.29, 0.717) is 13.1 Å². The summed E-state index contributed by atoms with van der Waals surface area (Å²) in [6, 6.07) is 6.17. The number of nitrogens with zero attached hydrogens (tertiary/aromatic N) is 1. The minimum atomic E-state index is -0.507. The minimum absolute atomic E-state index is 0.0556. The average molecular weight is 290 g/mol. The molecule has 0 bridgehead atoms. The normalized spacial score (nSPS) is 23.7. The van der Waals surface area contributed by atoms with Crippen molar-refractivity contribution in [1.82, 2.24) is 4.90 Å². The van der Waals surface area contributed by atoms with E-state index in [1.807, 2.05) is 0 Å². The summed E-state index contributed by atoms with van der Waals surface area (Å²) in [6.07, 6.45) is 3.13. The largest absolute Gasteiger partial charge is 0.369 e. The number of hydrogen-bond donors (Lipinski definition) is 1. The second kappa shape index (κ2) is 5.13. The van der Waals surface area contributed by atoms with Crippen LogP contribution in [0.3, 0.4) is 0 Å². The summed E-state index contributed by atoms with van der Waals surface area (Å²) in [4.78, 5) is 25.9. The van der Waals surface area contributed by atoms with E-state index < -0.39 is 5.41 Å². The molecule has 1 unspecified atom stereocenters. The summed E-state index contributed by atoms with van der Waals surface area (Å²) in [6.45, 7) is 1.09. The molecule has 1 aliphatic carbocycles. The lowest BCUT2D eigenvalue weighted by Crippen LogP contribution is -2.47. The van der Waals surface area contributed by atoms with Gasteiger partial charge in [0, 0.05) is 13.1 Å². The highest BCUT2D eigenvalue weighted by Gasteiger charge is 2.53. The number of primary amides is 1. The fraction of sp³-hybridized carbons (Fsp3) is 0.500. The van der Waals surface area contributed by atoms with Crippen molar-refractivity contribution in [3.8, 4) is 0 Å². The molecule has 1 heterocycles. The molecule has 1 saturated heterocycles. The van der Waals surface area contributed by atoms with Crippen LogP contribution in [-0.2, 0) is 15.0 Å². The van der Waals surface area contributed by atoms with E-state index >= 15 is 0 Å². The number of likely N-dealkylation sites (tertiary alicyclic amines) is 1. The van der Waals surface area contributed by atoms with E-state index in [4.69, 9.17) is 5.73 Å². The van der Waals surface area contributed by atoms with E-state index in [1.54, 1.807) is 17.0 Å². The number of amides is 2. The molecule has 1 aliphatic heterocycles. The monoisotopic (exact) mass is 290 g/mol. The van der Waals surface area contributed by atoms with Gasteiger partial charge in [0.15, 0.2) is 0 Å². The Hall–Kier alpha value is -1.91. The van der Waals surface area contributed by atoms with Gasteiger partial charge in [0.1, 0.15) is 5.82 Å². The second-order valence-corrected chi connectivity index (χ2v) is 6.08. The zero-order valence-electron chi connectivity index (χ0n) is 11.8. The maximum Gasteiger partial charge on any atom is 0.233 e. The Morgan fingerprint density at radius 1 is 1.24 bits per heavy atom. The van der Waals surface area contributed by atoms with Crippen LogP contribution < -0.4 is 5.73 Å². The van der Waals surface area contributed by atoms with Gasteiger partial charge in [-0.3, -0.25) is 9.59 Å². The van der Waals surface area contributed by atoms with Crippen LogP contribution in [0.15, 0.2) is 24.3 Å². The highest BCUT2D eigenvalue weighted by molar-refractivity contribution is 5.92. The van der Waals surface area contributed by atoms with E-state index in [2.05, 4.69) is 0 Å². The Balaban J connectivity index is 1.78. The van der Waals surface area contributed by atoms with Gasteiger partial charge in [-0.25, -0.2) is 4.39 Å². The van der Waals surface area contributed by atoms with Crippen LogP contribution >= 0.6 is 0 Å². The van der Waals surface area contributed by atoms with Gasteiger partial charge in [-0.05, 0) is 43.4 Å². The van der Waals surface area contributed by atoms with Gasteiger partial charge in [0.05, 0.1) is 11.3 Å². The molecule has 2 aliphatic rings. The van der Waals surface area contributed by atoms with Crippen LogP contribution in [0.1, 0.15) is 31.2 Å². The lowest BCUT2D eigenvalue weighted by Gasteiger charge is -2.34. The first kappa shape index (κ1) is 14.0. The lowest BCUT2D eigenvalue weighted by atomic mass is 9.91. The topological polar surface area (TPSA) is 63.4 Å². The molecule has 1 aromatic rings. The first-order valence-corrected chi connectivity index (χ1v) is 7.38. The molecule has 0 aromatic heterocycles. The third-order valence-corrected chi connectivity index (χ3v) is 4.67. The summed E-state index contributed by atoms with van der Waals surface area (Å²) in [7, 11) is 0. The van der Waals surface area contributed by atoms with Crippen LogP contribution in [0.25, 0.3) is 0 Å². The number of halogens is 1. The summed E-state index contributed by atoms with van der Waals surface area (Å²) < 4.78 is 13.0. The second-order valence-electron chi connectivity index (χ2n) is 6.08. The van der Waals surface area contributed by atoms with Gasteiger partial charge in [-0.1, -0.05) is 12.1 Å². The van der Waals surface area contributed by atoms with Gasteiger partial charge >= 0.3 is 0 Å². The predicted molar refractivity (Wildman–Crippen MR) is 75.8 cm³/mol. The molecule has 1 saturated carbocycles. The third-order valence-electron chi connectivity index (χ3n) is 4.67. The number of hydrogen-bond acceptors (Lipinski definition) is 2. The van der Waals surface area contributed by atoms with Crippen molar-refractivity contribution in [2.45, 2.75) is 31.1 Å². The lowest BCUT2D eigenvalue weighted by molar-refractivity contribution is -0.137. The van der Waals surface area contributed by atoms with Crippen molar-refractivity contribution < 1.29 is 14.0 Å². The summed E-state index contributed by atoms with van der Waals surface area (Å²) >= 11 is 0. The van der Waals surface area contributed by atoms with Crippen LogP contribution in [-0.4, -0.2) is 29.8 Å². The molecule has 21 heavy (non-hydrogen) atoms. The van der Waals surface area contributed by atoms with E-state index in [9.17, 15) is 14.0 Å². The molecular formula is C16H19FN2O2. The fourth-order valence-electron chi connectivity index (χ4n) is 3.22. The molecular weight excluding hydrogens is 271 g/mol. The fourth-order valence-corrected chi connectivity index (χ4v) is 3.22. The maximum absolute atomic E-state index is 13.0. The molecule has 112 valence electrons. The molecule has 1 aromatic carbocycles. The first-order valence-electron chi connectivity index (χ1n) is 7.38. The quantitative estimate of drug-likeness (QED) is 0.918. The van der Waals surface area contributed by atoms with Gasteiger partial charge in [0.2, 0.25) is 11.8 Å². The summed E-state index contributed by atoms with van der Waals surface area (Å²) in [5.74, 6) is -0.820. The van der Waals surface area contributed by atoms with E-state index in [1.165, 1.54) is 12.1 Å². The van der Waals surface area contributed by atoms with Crippen LogP contribution in [0.4, 0.5) is 4.39 Å². The summed E-state index contributed by atoms with van der Waals surface area (Å²) in [5, 5.41) is 0. The summed E-state index contributed by atoms with van der Waals surface area (Å²) in [5.41, 5.74) is 5.73. The molecule has 2 N–H and O–H groups in total. The van der Waals surface area contributed by atoms with Crippen LogP contribution in [0.5, 0.6) is 0 Å². The number of carbonyl (C=O) groups is 2. The number of piperidine rings is 1. The number of nitrogens with two attached hydrogens (primary N) is 1. The molecule has 3 rings (SSSR count). The minimum Gasteiger partial charge on any atom is -0.369 e. The van der Waals surface area contributed by atoms with Crippen molar-refractivity contribution in [2.24, 2.45) is 11.7 Å². The Bertz CT molecular complexity index is 566. The van der Waals surface area contributed by atoms with Crippen molar-refractivity contribution in [3.63, 3.8) is 0 Å². The van der Waals surface area contributed by atoms with Crippen molar-refractivity contribution in [3.05, 3.63) is 35.6 Å². The molecule has 0 radical (unpaired) electrons. The van der Waals surface area contributed by atoms with Crippen molar-refractivity contribution in [1.29, 1.82) is 0 Å². The molecule has 2 amide bonds. The molecule has 0 spiro atoms. The molecule has 5 heteroatoms. The maximum atomic E-state index is 13.0. The molecule has 4 nitrogen and oxygen atoms in total. The standard InChI is InChI=1S/C16H19FN2O2/c17-13-5-3-12(4-6-13)16(7-8-16)15(21)19-9-1-2-11(10-19)14(18)20/h3-6,11H,1-2,7-10H2,(H2,18,20). The number of carbonyl (C=O) groups excluding carboxylic acids is 2. The highest BCUT2D eigenvalue weighted by atomic mass is 19.1. The number of rotatable bonds is 3. The average Bonchev–Trinajstić information content (AvgIpc) is 3.29. The predicted octanol–water partition coefficient (Wildman–Crippen LogP) is 1.58. The zero-order chi connectivity index (χ0) is 15.0. The Labute approximate surface area is 123 Å². The Kier molecular flexibility index (Phi) is 3.43. The van der Waals surface area contributed by atoms with Crippen molar-refractivity contribution >= 4 is 11.8 Å². The van der Waals surface area contributed by atoms with E-state index in [-0.39, 0.29) is 23.5 Å². The Morgan fingerprint density at radius 3 is 2.48 bits per heavy atom. The number of benzene rings is 1.